The molecule has 2 atom stereocenters. The Labute approximate surface area is 153 Å². The van der Waals surface area contributed by atoms with E-state index in [1.165, 1.54) is 0 Å². The summed E-state index contributed by atoms with van der Waals surface area (Å²) in [5.74, 6) is 0.690. The first kappa shape index (κ1) is 18.4. The maximum absolute atomic E-state index is 5.85. The molecule has 6 nitrogen and oxygen atoms in total. The number of aromatic nitrogens is 3. The number of nitrogens with one attached hydrogen (secondary N) is 1. The quantitative estimate of drug-likeness (QED) is 0.853. The minimum absolute atomic E-state index is 0.0771. The van der Waals surface area contributed by atoms with Crippen LogP contribution in [0.1, 0.15) is 33.4 Å². The summed E-state index contributed by atoms with van der Waals surface area (Å²) in [7, 11) is 0. The lowest BCUT2D eigenvalue weighted by Gasteiger charge is -2.45. The van der Waals surface area contributed by atoms with Gasteiger partial charge < -0.3 is 10.1 Å². The van der Waals surface area contributed by atoms with Crippen LogP contribution in [0.15, 0.2) is 23.8 Å². The van der Waals surface area contributed by atoms with E-state index >= 15 is 0 Å². The van der Waals surface area contributed by atoms with Gasteiger partial charge in [-0.1, -0.05) is 0 Å². The van der Waals surface area contributed by atoms with Crippen molar-refractivity contribution >= 4 is 11.3 Å². The van der Waals surface area contributed by atoms with Crippen molar-refractivity contribution in [3.8, 4) is 10.8 Å². The molecule has 1 fully saturated rings. The first-order valence-corrected chi connectivity index (χ1v) is 9.65. The summed E-state index contributed by atoms with van der Waals surface area (Å²) in [4.78, 5) is 15.7. The summed E-state index contributed by atoms with van der Waals surface area (Å²) < 4.78 is 5.85. The Balaban J connectivity index is 1.53. The zero-order valence-corrected chi connectivity index (χ0v) is 16.2. The molecule has 1 aliphatic rings. The monoisotopic (exact) mass is 361 g/mol. The minimum atomic E-state index is 0.0771. The summed E-state index contributed by atoms with van der Waals surface area (Å²) >= 11 is 1.59. The molecule has 7 heteroatoms. The molecule has 1 aliphatic heterocycles. The number of morpholine rings is 1. The Hall–Kier alpha value is -1.41. The maximum Gasteiger partial charge on any atom is 0.188 e. The second-order valence-electron chi connectivity index (χ2n) is 7.29. The zero-order valence-electron chi connectivity index (χ0n) is 15.4. The van der Waals surface area contributed by atoms with Crippen molar-refractivity contribution in [2.45, 2.75) is 52.0 Å². The van der Waals surface area contributed by atoms with Gasteiger partial charge in [0.2, 0.25) is 0 Å². The van der Waals surface area contributed by atoms with Crippen LogP contribution in [0, 0.1) is 0 Å². The van der Waals surface area contributed by atoms with Gasteiger partial charge >= 0.3 is 0 Å². The normalized spacial score (nSPS) is 22.2. The highest BCUT2D eigenvalue weighted by Gasteiger charge is 2.32. The van der Waals surface area contributed by atoms with Crippen molar-refractivity contribution in [1.29, 1.82) is 0 Å². The van der Waals surface area contributed by atoms with Crippen LogP contribution in [0.25, 0.3) is 10.8 Å². The average molecular weight is 362 g/mol. The zero-order chi connectivity index (χ0) is 17.9. The molecule has 0 aliphatic carbocycles. The topological polar surface area (TPSA) is 63.2 Å². The van der Waals surface area contributed by atoms with Crippen molar-refractivity contribution in [2.24, 2.45) is 0 Å². The molecule has 136 valence electrons. The highest BCUT2D eigenvalue weighted by Crippen LogP contribution is 2.22. The van der Waals surface area contributed by atoms with Crippen LogP contribution >= 0.6 is 11.3 Å². The molecule has 3 heterocycles. The van der Waals surface area contributed by atoms with Gasteiger partial charge in [0, 0.05) is 49.5 Å². The van der Waals surface area contributed by atoms with Crippen LogP contribution in [0.4, 0.5) is 0 Å². The molecule has 2 aromatic heterocycles. The Morgan fingerprint density at radius 2 is 1.92 bits per heavy atom. The molecule has 0 aromatic carbocycles. The van der Waals surface area contributed by atoms with E-state index in [2.05, 4.69) is 58.2 Å². The van der Waals surface area contributed by atoms with Gasteiger partial charge in [-0.3, -0.25) is 4.90 Å². The molecule has 25 heavy (non-hydrogen) atoms. The van der Waals surface area contributed by atoms with Crippen molar-refractivity contribution in [1.82, 2.24) is 25.2 Å². The predicted octanol–water partition coefficient (Wildman–Crippen LogP) is 2.58. The molecular weight excluding hydrogens is 334 g/mol. The largest absolute Gasteiger partial charge is 0.373 e. The lowest BCUT2D eigenvalue weighted by molar-refractivity contribution is -0.0952. The Morgan fingerprint density at radius 1 is 1.24 bits per heavy atom. The number of hydrogen-bond donors (Lipinski definition) is 1. The van der Waals surface area contributed by atoms with Crippen LogP contribution in [0.2, 0.25) is 0 Å². The number of ether oxygens (including phenoxy) is 1. The number of thiazole rings is 1. The summed E-state index contributed by atoms with van der Waals surface area (Å²) in [5, 5.41) is 6.50. The van der Waals surface area contributed by atoms with E-state index < -0.39 is 0 Å². The smallest absolute Gasteiger partial charge is 0.188 e. The predicted molar refractivity (Wildman–Crippen MR) is 101 cm³/mol. The van der Waals surface area contributed by atoms with Crippen molar-refractivity contribution in [3.05, 3.63) is 29.5 Å². The van der Waals surface area contributed by atoms with Gasteiger partial charge in [0.1, 0.15) is 0 Å². The third-order valence-corrected chi connectivity index (χ3v) is 5.34. The Morgan fingerprint density at radius 3 is 2.60 bits per heavy atom. The summed E-state index contributed by atoms with van der Waals surface area (Å²) in [6, 6.07) is 1.81. The van der Waals surface area contributed by atoms with Crippen LogP contribution < -0.4 is 5.32 Å². The second kappa shape index (κ2) is 7.86. The average Bonchev–Trinajstić information content (AvgIpc) is 3.03. The lowest BCUT2D eigenvalue weighted by atomic mass is 10.00. The fourth-order valence-corrected chi connectivity index (χ4v) is 3.95. The molecule has 2 aromatic rings. The van der Waals surface area contributed by atoms with Gasteiger partial charge in [-0.2, -0.15) is 0 Å². The Bertz CT molecular complexity index is 665. The molecule has 3 rings (SSSR count). The summed E-state index contributed by atoms with van der Waals surface area (Å²) in [5.41, 5.74) is 1.11. The minimum Gasteiger partial charge on any atom is -0.373 e. The third-order valence-electron chi connectivity index (χ3n) is 4.45. The molecule has 2 unspecified atom stereocenters. The molecule has 1 N–H and O–H groups in total. The maximum atomic E-state index is 5.85. The van der Waals surface area contributed by atoms with E-state index in [1.807, 2.05) is 6.07 Å². The number of rotatable bonds is 6. The van der Waals surface area contributed by atoms with E-state index in [1.54, 1.807) is 23.7 Å². The highest BCUT2D eigenvalue weighted by atomic mass is 32.1. The molecule has 0 spiro atoms. The summed E-state index contributed by atoms with van der Waals surface area (Å²) in [6.07, 6.45) is 4.06. The number of hydrogen-bond acceptors (Lipinski definition) is 7. The number of nitrogens with zero attached hydrogens (tertiary/aromatic N) is 4. The molecule has 1 saturated heterocycles. The standard InChI is InChI=1S/C18H27N5OS/c1-13-9-23(10-14(2)24-13)18(3,4)12-19-8-15-11-25-17(22-15)16-20-6-5-7-21-16/h5-7,11,13-14,19H,8-10,12H2,1-4H3. The molecule has 0 saturated carbocycles. The van der Waals surface area contributed by atoms with Crippen molar-refractivity contribution in [2.75, 3.05) is 19.6 Å². The molecule has 0 radical (unpaired) electrons. The van der Waals surface area contributed by atoms with Gasteiger partial charge in [-0.25, -0.2) is 15.0 Å². The van der Waals surface area contributed by atoms with E-state index in [-0.39, 0.29) is 17.7 Å². The second-order valence-corrected chi connectivity index (χ2v) is 8.15. The van der Waals surface area contributed by atoms with Gasteiger partial charge in [-0.05, 0) is 33.8 Å². The van der Waals surface area contributed by atoms with E-state index in [4.69, 9.17) is 4.74 Å². The highest BCUT2D eigenvalue weighted by molar-refractivity contribution is 7.13. The van der Waals surface area contributed by atoms with Crippen LogP contribution in [0.5, 0.6) is 0 Å². The van der Waals surface area contributed by atoms with Gasteiger partial charge in [0.05, 0.1) is 17.9 Å². The van der Waals surface area contributed by atoms with Crippen molar-refractivity contribution < 1.29 is 4.74 Å². The van der Waals surface area contributed by atoms with Crippen LogP contribution in [-0.2, 0) is 11.3 Å². The summed E-state index contributed by atoms with van der Waals surface area (Å²) in [6.45, 7) is 12.5. The molecule has 0 bridgehead atoms. The van der Waals surface area contributed by atoms with Crippen molar-refractivity contribution in [3.63, 3.8) is 0 Å². The van der Waals surface area contributed by atoms with Crippen LogP contribution in [0.3, 0.4) is 0 Å². The van der Waals surface area contributed by atoms with Crippen LogP contribution in [-0.4, -0.2) is 57.2 Å². The van der Waals surface area contributed by atoms with E-state index in [0.29, 0.717) is 5.82 Å². The fourth-order valence-electron chi connectivity index (χ4n) is 3.18. The lowest BCUT2D eigenvalue weighted by Crippen LogP contribution is -2.58. The van der Waals surface area contributed by atoms with Gasteiger partial charge in [0.25, 0.3) is 0 Å². The first-order valence-electron chi connectivity index (χ1n) is 8.77. The van der Waals surface area contributed by atoms with E-state index in [0.717, 1.165) is 36.9 Å². The Kier molecular flexibility index (Phi) is 5.78. The fraction of sp³-hybridized carbons (Fsp3) is 0.611. The van der Waals surface area contributed by atoms with Gasteiger partial charge in [0.15, 0.2) is 10.8 Å². The first-order chi connectivity index (χ1) is 11.9. The third kappa shape index (κ3) is 4.82. The molecule has 0 amide bonds. The van der Waals surface area contributed by atoms with Gasteiger partial charge in [-0.15, -0.1) is 11.3 Å². The molecular formula is C18H27N5OS. The van der Waals surface area contributed by atoms with E-state index in [9.17, 15) is 0 Å². The SMILES string of the molecule is CC1CN(C(C)(C)CNCc2csc(-c3ncccn3)n2)CC(C)O1.